The first-order chi connectivity index (χ1) is 14.0. The number of piperidine rings is 2. The molecule has 0 aliphatic carbocycles. The minimum atomic E-state index is 0.518. The number of hydrogen-bond donors (Lipinski definition) is 2. The molecule has 2 heterocycles. The molecular formula is C24H41N5. The summed E-state index contributed by atoms with van der Waals surface area (Å²) in [6.45, 7) is 13.6. The fraction of sp³-hybridized carbons (Fsp3) is 0.708. The van der Waals surface area contributed by atoms with Crippen molar-refractivity contribution in [3.63, 3.8) is 0 Å². The van der Waals surface area contributed by atoms with E-state index in [4.69, 9.17) is 0 Å². The van der Waals surface area contributed by atoms with E-state index < -0.39 is 0 Å². The minimum absolute atomic E-state index is 0.518. The lowest BCUT2D eigenvalue weighted by molar-refractivity contribution is 0.167. The molecule has 2 N–H and O–H groups in total. The van der Waals surface area contributed by atoms with Gasteiger partial charge in [-0.3, -0.25) is 9.89 Å². The SMILES string of the molecule is CN=C(NCc1cccc(CN2CCC(C)CC2)c1)NC1CCN(C(C)C)CC1. The summed E-state index contributed by atoms with van der Waals surface area (Å²) in [7, 11) is 1.87. The Bertz CT molecular complexity index is 640. The third-order valence-corrected chi connectivity index (χ3v) is 6.56. The number of benzene rings is 1. The van der Waals surface area contributed by atoms with E-state index in [0.717, 1.165) is 25.0 Å². The van der Waals surface area contributed by atoms with Gasteiger partial charge in [0.2, 0.25) is 0 Å². The summed E-state index contributed by atoms with van der Waals surface area (Å²) in [4.78, 5) is 9.60. The maximum absolute atomic E-state index is 4.45. The monoisotopic (exact) mass is 399 g/mol. The van der Waals surface area contributed by atoms with Crippen LogP contribution in [0, 0.1) is 5.92 Å². The van der Waals surface area contributed by atoms with Gasteiger partial charge in [0, 0.05) is 45.3 Å². The van der Waals surface area contributed by atoms with Crippen LogP contribution in [0.1, 0.15) is 57.6 Å². The molecule has 5 heteroatoms. The van der Waals surface area contributed by atoms with Crippen molar-refractivity contribution in [2.24, 2.45) is 10.9 Å². The van der Waals surface area contributed by atoms with E-state index in [9.17, 15) is 0 Å². The molecule has 3 rings (SSSR count). The van der Waals surface area contributed by atoms with Crippen molar-refractivity contribution in [1.82, 2.24) is 20.4 Å². The molecule has 0 spiro atoms. The Balaban J connectivity index is 1.45. The van der Waals surface area contributed by atoms with Gasteiger partial charge in [0.25, 0.3) is 0 Å². The number of hydrogen-bond acceptors (Lipinski definition) is 3. The Morgan fingerprint density at radius 1 is 1.07 bits per heavy atom. The molecule has 5 nitrogen and oxygen atoms in total. The Labute approximate surface area is 178 Å². The zero-order chi connectivity index (χ0) is 20.6. The van der Waals surface area contributed by atoms with Crippen LogP contribution < -0.4 is 10.6 Å². The predicted octanol–water partition coefficient (Wildman–Crippen LogP) is 3.46. The molecule has 0 aromatic heterocycles. The van der Waals surface area contributed by atoms with Crippen LogP contribution in [0.5, 0.6) is 0 Å². The van der Waals surface area contributed by atoms with Gasteiger partial charge < -0.3 is 15.5 Å². The first-order valence-electron chi connectivity index (χ1n) is 11.5. The second kappa shape index (κ2) is 11.0. The van der Waals surface area contributed by atoms with Gasteiger partial charge in [-0.05, 0) is 69.7 Å². The molecule has 162 valence electrons. The second-order valence-corrected chi connectivity index (χ2v) is 9.25. The largest absolute Gasteiger partial charge is 0.354 e. The van der Waals surface area contributed by atoms with Crippen LogP contribution in [0.3, 0.4) is 0 Å². The maximum Gasteiger partial charge on any atom is 0.191 e. The molecule has 1 aromatic rings. The van der Waals surface area contributed by atoms with Crippen LogP contribution in [-0.4, -0.2) is 61.1 Å². The highest BCUT2D eigenvalue weighted by molar-refractivity contribution is 5.79. The Morgan fingerprint density at radius 3 is 2.41 bits per heavy atom. The summed E-state index contributed by atoms with van der Waals surface area (Å²) in [6, 6.07) is 10.2. The van der Waals surface area contributed by atoms with Gasteiger partial charge in [-0.2, -0.15) is 0 Å². The molecule has 1 aromatic carbocycles. The summed E-state index contributed by atoms with van der Waals surface area (Å²) >= 11 is 0. The van der Waals surface area contributed by atoms with E-state index in [-0.39, 0.29) is 0 Å². The lowest BCUT2D eigenvalue weighted by Gasteiger charge is -2.35. The Kier molecular flexibility index (Phi) is 8.37. The summed E-state index contributed by atoms with van der Waals surface area (Å²) in [5, 5.41) is 7.14. The van der Waals surface area contributed by atoms with Crippen molar-refractivity contribution in [2.45, 2.75) is 71.6 Å². The van der Waals surface area contributed by atoms with Gasteiger partial charge >= 0.3 is 0 Å². The zero-order valence-electron chi connectivity index (χ0n) is 19.0. The molecule has 0 bridgehead atoms. The fourth-order valence-electron chi connectivity index (χ4n) is 4.45. The minimum Gasteiger partial charge on any atom is -0.354 e. The molecular weight excluding hydrogens is 358 g/mol. The highest BCUT2D eigenvalue weighted by Crippen LogP contribution is 2.18. The topological polar surface area (TPSA) is 42.9 Å². The maximum atomic E-state index is 4.45. The summed E-state index contributed by atoms with van der Waals surface area (Å²) in [5.41, 5.74) is 2.74. The number of aliphatic imine (C=N–C) groups is 1. The van der Waals surface area contributed by atoms with Crippen LogP contribution >= 0.6 is 0 Å². The third-order valence-electron chi connectivity index (χ3n) is 6.56. The van der Waals surface area contributed by atoms with Crippen LogP contribution in [0.15, 0.2) is 29.3 Å². The van der Waals surface area contributed by atoms with Crippen molar-refractivity contribution in [3.8, 4) is 0 Å². The van der Waals surface area contributed by atoms with Crippen molar-refractivity contribution in [2.75, 3.05) is 33.2 Å². The normalized spacial score (nSPS) is 20.9. The van der Waals surface area contributed by atoms with Gasteiger partial charge in [0.05, 0.1) is 0 Å². The van der Waals surface area contributed by atoms with E-state index in [0.29, 0.717) is 12.1 Å². The molecule has 0 unspecified atom stereocenters. The summed E-state index contributed by atoms with van der Waals surface area (Å²) in [5.74, 6) is 1.81. The highest BCUT2D eigenvalue weighted by Gasteiger charge is 2.21. The van der Waals surface area contributed by atoms with E-state index in [2.05, 4.69) is 70.5 Å². The van der Waals surface area contributed by atoms with Crippen LogP contribution in [0.25, 0.3) is 0 Å². The molecule has 29 heavy (non-hydrogen) atoms. The van der Waals surface area contributed by atoms with E-state index in [1.807, 2.05) is 7.05 Å². The molecule has 0 radical (unpaired) electrons. The van der Waals surface area contributed by atoms with E-state index in [1.54, 1.807) is 0 Å². The van der Waals surface area contributed by atoms with Crippen molar-refractivity contribution in [3.05, 3.63) is 35.4 Å². The summed E-state index contributed by atoms with van der Waals surface area (Å²) < 4.78 is 0. The molecule has 0 saturated carbocycles. The van der Waals surface area contributed by atoms with Crippen LogP contribution in [0.2, 0.25) is 0 Å². The third kappa shape index (κ3) is 7.00. The fourth-order valence-corrected chi connectivity index (χ4v) is 4.45. The van der Waals surface area contributed by atoms with Gasteiger partial charge in [-0.15, -0.1) is 0 Å². The molecule has 2 aliphatic rings. The van der Waals surface area contributed by atoms with Crippen molar-refractivity contribution < 1.29 is 0 Å². The predicted molar refractivity (Wildman–Crippen MR) is 123 cm³/mol. The standard InChI is InChI=1S/C24H41N5/c1-19(2)29-14-10-23(11-15-29)27-24(25-4)26-17-21-6-5-7-22(16-21)18-28-12-8-20(3)9-13-28/h5-7,16,19-20,23H,8-15,17-18H2,1-4H3,(H2,25,26,27). The first-order valence-corrected chi connectivity index (χ1v) is 11.5. The van der Waals surface area contributed by atoms with Gasteiger partial charge in [0.1, 0.15) is 0 Å². The average molecular weight is 400 g/mol. The number of likely N-dealkylation sites (tertiary alicyclic amines) is 2. The number of rotatable bonds is 6. The van der Waals surface area contributed by atoms with Crippen molar-refractivity contribution in [1.29, 1.82) is 0 Å². The van der Waals surface area contributed by atoms with E-state index >= 15 is 0 Å². The van der Waals surface area contributed by atoms with Crippen LogP contribution in [0.4, 0.5) is 0 Å². The zero-order valence-corrected chi connectivity index (χ0v) is 19.0. The second-order valence-electron chi connectivity index (χ2n) is 9.25. The van der Waals surface area contributed by atoms with E-state index in [1.165, 1.54) is 63.0 Å². The smallest absolute Gasteiger partial charge is 0.191 e. The van der Waals surface area contributed by atoms with Gasteiger partial charge in [0.15, 0.2) is 5.96 Å². The average Bonchev–Trinajstić information content (AvgIpc) is 2.73. The lowest BCUT2D eigenvalue weighted by Crippen LogP contribution is -2.49. The first kappa shape index (κ1) is 22.1. The quantitative estimate of drug-likeness (QED) is 0.568. The number of nitrogens with zero attached hydrogens (tertiary/aromatic N) is 3. The van der Waals surface area contributed by atoms with Gasteiger partial charge in [-0.25, -0.2) is 0 Å². The Morgan fingerprint density at radius 2 is 1.76 bits per heavy atom. The number of guanidine groups is 1. The summed E-state index contributed by atoms with van der Waals surface area (Å²) in [6.07, 6.45) is 5.03. The number of nitrogens with one attached hydrogen (secondary N) is 2. The Hall–Kier alpha value is -1.59. The highest BCUT2D eigenvalue weighted by atomic mass is 15.2. The molecule has 0 atom stereocenters. The van der Waals surface area contributed by atoms with Crippen LogP contribution in [-0.2, 0) is 13.1 Å². The lowest BCUT2D eigenvalue weighted by atomic mass is 9.98. The molecule has 2 saturated heterocycles. The molecule has 2 aliphatic heterocycles. The molecule has 2 fully saturated rings. The van der Waals surface area contributed by atoms with Gasteiger partial charge in [-0.1, -0.05) is 31.2 Å². The molecule has 0 amide bonds. The van der Waals surface area contributed by atoms with Crippen molar-refractivity contribution >= 4 is 5.96 Å².